The number of nitrogens with zero attached hydrogens (tertiary/aromatic N) is 3. The quantitative estimate of drug-likeness (QED) is 0.787. The Bertz CT molecular complexity index is 483. The van der Waals surface area contributed by atoms with E-state index in [1.165, 1.54) is 11.3 Å². The van der Waals surface area contributed by atoms with E-state index in [-0.39, 0.29) is 0 Å². The molecule has 2 N–H and O–H groups in total. The summed E-state index contributed by atoms with van der Waals surface area (Å²) in [6.07, 6.45) is 4.66. The van der Waals surface area contributed by atoms with Gasteiger partial charge < -0.3 is 10.3 Å². The van der Waals surface area contributed by atoms with E-state index in [4.69, 9.17) is 0 Å². The van der Waals surface area contributed by atoms with Gasteiger partial charge in [-0.15, -0.1) is 0 Å². The average molecular weight is 217 g/mol. The van der Waals surface area contributed by atoms with Crippen LogP contribution in [0.25, 0.3) is 11.5 Å². The van der Waals surface area contributed by atoms with Crippen molar-refractivity contribution in [1.29, 1.82) is 0 Å². The molecule has 1 aliphatic rings. The molecule has 0 spiro atoms. The maximum absolute atomic E-state index is 4.64. The van der Waals surface area contributed by atoms with Crippen molar-refractivity contribution in [3.05, 3.63) is 23.7 Å². The van der Waals surface area contributed by atoms with Crippen LogP contribution in [0.1, 0.15) is 18.2 Å². The smallest absolute Gasteiger partial charge is 0.158 e. The van der Waals surface area contributed by atoms with Crippen molar-refractivity contribution in [1.82, 2.24) is 25.1 Å². The second-order valence-corrected chi connectivity index (χ2v) is 3.95. The van der Waals surface area contributed by atoms with E-state index in [2.05, 4.69) is 32.0 Å². The highest BCUT2D eigenvalue weighted by Crippen LogP contribution is 2.24. The molecule has 0 aliphatic carbocycles. The van der Waals surface area contributed by atoms with Crippen LogP contribution in [0, 0.1) is 0 Å². The Kier molecular flexibility index (Phi) is 2.25. The van der Waals surface area contributed by atoms with Crippen LogP contribution in [-0.4, -0.2) is 26.3 Å². The lowest BCUT2D eigenvalue weighted by Crippen LogP contribution is -2.24. The topological polar surface area (TPSA) is 58.5 Å². The van der Waals surface area contributed by atoms with E-state index in [1.807, 2.05) is 6.20 Å². The van der Waals surface area contributed by atoms with Crippen molar-refractivity contribution in [3.8, 4) is 11.5 Å². The summed E-state index contributed by atoms with van der Waals surface area (Å²) in [6, 6.07) is 0. The molecule has 0 radical (unpaired) electrons. The largest absolute Gasteiger partial charge is 0.343 e. The molecule has 16 heavy (non-hydrogen) atoms. The third-order valence-electron chi connectivity index (χ3n) is 3.03. The molecule has 3 heterocycles. The zero-order chi connectivity index (χ0) is 11.0. The summed E-state index contributed by atoms with van der Waals surface area (Å²) in [6.45, 7) is 4.98. The minimum absolute atomic E-state index is 0.868. The highest BCUT2D eigenvalue weighted by molar-refractivity contribution is 5.56. The number of rotatable bonds is 2. The van der Waals surface area contributed by atoms with Crippen molar-refractivity contribution >= 4 is 0 Å². The monoisotopic (exact) mass is 217 g/mol. The SMILES string of the molecule is CCn1nc(-c2ncc[nH]2)c2c1CCNC2. The van der Waals surface area contributed by atoms with Gasteiger partial charge in [-0.2, -0.15) is 5.10 Å². The van der Waals surface area contributed by atoms with Gasteiger partial charge in [0.2, 0.25) is 0 Å². The number of aryl methyl sites for hydroxylation is 1. The molecule has 3 rings (SSSR count). The highest BCUT2D eigenvalue weighted by atomic mass is 15.3. The Morgan fingerprint density at radius 3 is 3.19 bits per heavy atom. The van der Waals surface area contributed by atoms with E-state index in [0.29, 0.717) is 0 Å². The second kappa shape index (κ2) is 3.75. The number of H-pyrrole nitrogens is 1. The summed E-state index contributed by atoms with van der Waals surface area (Å²) < 4.78 is 2.09. The minimum atomic E-state index is 0.868. The number of fused-ring (bicyclic) bond motifs is 1. The summed E-state index contributed by atoms with van der Waals surface area (Å²) >= 11 is 0. The van der Waals surface area contributed by atoms with Gasteiger partial charge in [0.1, 0.15) is 5.69 Å². The lowest BCUT2D eigenvalue weighted by molar-refractivity contribution is 0.572. The van der Waals surface area contributed by atoms with Gasteiger partial charge in [0, 0.05) is 49.7 Å². The van der Waals surface area contributed by atoms with Crippen LogP contribution in [0.3, 0.4) is 0 Å². The van der Waals surface area contributed by atoms with Gasteiger partial charge in [0.25, 0.3) is 0 Å². The van der Waals surface area contributed by atoms with Gasteiger partial charge in [-0.3, -0.25) is 4.68 Å². The van der Waals surface area contributed by atoms with Crippen molar-refractivity contribution < 1.29 is 0 Å². The molecule has 0 amide bonds. The number of imidazole rings is 1. The second-order valence-electron chi connectivity index (χ2n) is 3.95. The highest BCUT2D eigenvalue weighted by Gasteiger charge is 2.21. The van der Waals surface area contributed by atoms with Crippen LogP contribution in [0.15, 0.2) is 12.4 Å². The maximum Gasteiger partial charge on any atom is 0.158 e. The molecule has 0 bridgehead atoms. The Morgan fingerprint density at radius 1 is 1.50 bits per heavy atom. The first-order chi connectivity index (χ1) is 7.90. The molecule has 0 fully saturated rings. The first-order valence-electron chi connectivity index (χ1n) is 5.69. The Morgan fingerprint density at radius 2 is 2.44 bits per heavy atom. The number of aromatic nitrogens is 4. The van der Waals surface area contributed by atoms with Crippen molar-refractivity contribution in [2.45, 2.75) is 26.4 Å². The Hall–Kier alpha value is -1.62. The number of nitrogens with one attached hydrogen (secondary N) is 2. The zero-order valence-corrected chi connectivity index (χ0v) is 9.32. The predicted octanol–water partition coefficient (Wildman–Crippen LogP) is 0.939. The van der Waals surface area contributed by atoms with Crippen LogP contribution in [0.5, 0.6) is 0 Å². The van der Waals surface area contributed by atoms with Gasteiger partial charge in [-0.1, -0.05) is 0 Å². The normalized spacial score (nSPS) is 15.1. The number of hydrogen-bond donors (Lipinski definition) is 2. The molecular weight excluding hydrogens is 202 g/mol. The van der Waals surface area contributed by atoms with Crippen molar-refractivity contribution in [2.24, 2.45) is 0 Å². The maximum atomic E-state index is 4.64. The van der Waals surface area contributed by atoms with E-state index in [1.54, 1.807) is 6.20 Å². The molecular formula is C11H15N5. The molecule has 0 unspecified atom stereocenters. The summed E-state index contributed by atoms with van der Waals surface area (Å²) in [5, 5.41) is 8.02. The fourth-order valence-electron chi connectivity index (χ4n) is 2.27. The summed E-state index contributed by atoms with van der Waals surface area (Å²) in [7, 11) is 0. The van der Waals surface area contributed by atoms with E-state index in [9.17, 15) is 0 Å². The third kappa shape index (κ3) is 1.36. The van der Waals surface area contributed by atoms with Crippen molar-refractivity contribution in [2.75, 3.05) is 6.54 Å². The molecule has 5 heteroatoms. The standard InChI is InChI=1S/C11H15N5/c1-2-16-9-3-4-12-7-8(9)10(15-16)11-13-5-6-14-11/h5-6,12H,2-4,7H2,1H3,(H,13,14). The molecule has 2 aromatic rings. The van der Waals surface area contributed by atoms with E-state index >= 15 is 0 Å². The van der Waals surface area contributed by atoms with E-state index < -0.39 is 0 Å². The molecule has 0 saturated heterocycles. The van der Waals surface area contributed by atoms with Crippen LogP contribution in [0.4, 0.5) is 0 Å². The van der Waals surface area contributed by atoms with Gasteiger partial charge in [-0.05, 0) is 6.92 Å². The lowest BCUT2D eigenvalue weighted by atomic mass is 10.1. The molecule has 0 saturated carbocycles. The summed E-state index contributed by atoms with van der Waals surface area (Å²) in [4.78, 5) is 7.41. The Labute approximate surface area is 93.9 Å². The van der Waals surface area contributed by atoms with Gasteiger partial charge in [0.15, 0.2) is 5.82 Å². The van der Waals surface area contributed by atoms with Crippen molar-refractivity contribution in [3.63, 3.8) is 0 Å². The van der Waals surface area contributed by atoms with Crippen LogP contribution >= 0.6 is 0 Å². The molecule has 1 aliphatic heterocycles. The molecule has 2 aromatic heterocycles. The fraction of sp³-hybridized carbons (Fsp3) is 0.455. The third-order valence-corrected chi connectivity index (χ3v) is 3.03. The average Bonchev–Trinajstić information content (AvgIpc) is 2.95. The van der Waals surface area contributed by atoms with Crippen LogP contribution in [-0.2, 0) is 19.5 Å². The van der Waals surface area contributed by atoms with Gasteiger partial charge >= 0.3 is 0 Å². The zero-order valence-electron chi connectivity index (χ0n) is 9.32. The first-order valence-corrected chi connectivity index (χ1v) is 5.69. The lowest BCUT2D eigenvalue weighted by Gasteiger charge is -2.14. The number of aromatic amines is 1. The number of hydrogen-bond acceptors (Lipinski definition) is 3. The first kappa shape index (κ1) is 9.59. The predicted molar refractivity (Wildman–Crippen MR) is 60.9 cm³/mol. The Balaban J connectivity index is 2.15. The molecule has 0 atom stereocenters. The van der Waals surface area contributed by atoms with Gasteiger partial charge in [-0.25, -0.2) is 4.98 Å². The summed E-state index contributed by atoms with van der Waals surface area (Å²) in [5.41, 5.74) is 3.64. The molecule has 84 valence electrons. The van der Waals surface area contributed by atoms with E-state index in [0.717, 1.165) is 37.6 Å². The summed E-state index contributed by atoms with van der Waals surface area (Å²) in [5.74, 6) is 0.868. The molecule has 5 nitrogen and oxygen atoms in total. The van der Waals surface area contributed by atoms with Crippen LogP contribution < -0.4 is 5.32 Å². The van der Waals surface area contributed by atoms with Gasteiger partial charge in [0.05, 0.1) is 0 Å². The minimum Gasteiger partial charge on any atom is -0.343 e. The molecule has 0 aromatic carbocycles. The van der Waals surface area contributed by atoms with Crippen LogP contribution in [0.2, 0.25) is 0 Å². The fourth-order valence-corrected chi connectivity index (χ4v) is 2.27.